The number of benzene rings is 1. The predicted molar refractivity (Wildman–Crippen MR) is 68.1 cm³/mol. The standard InChI is InChI=1S/C9H10N2.C4H6O2/c1-2-8-5-3-4-6-9(8)11-7-10;1-3(2)4(5)6/h3-6,10H,2H2,1H3;1H2,2H3,(H,5,6). The third kappa shape index (κ3) is 6.07. The zero-order valence-corrected chi connectivity index (χ0v) is 10.0. The molecule has 2 N–H and O–H groups in total. The highest BCUT2D eigenvalue weighted by Gasteiger charge is 1.94. The van der Waals surface area contributed by atoms with Crippen LogP contribution < -0.4 is 0 Å². The smallest absolute Gasteiger partial charge is 0.330 e. The van der Waals surface area contributed by atoms with Gasteiger partial charge in [0.1, 0.15) is 0 Å². The first-order chi connectivity index (χ1) is 8.02. The Hall–Kier alpha value is -2.19. The molecule has 0 atom stereocenters. The molecule has 0 saturated carbocycles. The fourth-order valence-electron chi connectivity index (χ4n) is 0.979. The quantitative estimate of drug-likeness (QED) is 0.620. The average Bonchev–Trinajstić information content (AvgIpc) is 2.31. The molecular weight excluding hydrogens is 216 g/mol. The number of hydrogen-bond donors (Lipinski definition) is 2. The number of nitrogens with one attached hydrogen (secondary N) is 1. The van der Waals surface area contributed by atoms with Crippen molar-refractivity contribution in [2.45, 2.75) is 20.3 Å². The van der Waals surface area contributed by atoms with Gasteiger partial charge in [0.2, 0.25) is 0 Å². The van der Waals surface area contributed by atoms with Crippen LogP contribution in [-0.2, 0) is 11.2 Å². The highest BCUT2D eigenvalue weighted by atomic mass is 16.4. The minimum absolute atomic E-state index is 0.176. The zero-order chi connectivity index (χ0) is 13.3. The second kappa shape index (κ2) is 8.02. The molecule has 0 aliphatic carbocycles. The molecule has 0 bridgehead atoms. The van der Waals surface area contributed by atoms with Gasteiger partial charge in [-0.1, -0.05) is 31.7 Å². The molecule has 0 aliphatic rings. The molecular formula is C13H16N2O2. The molecule has 0 spiro atoms. The van der Waals surface area contributed by atoms with E-state index in [1.54, 1.807) is 0 Å². The van der Waals surface area contributed by atoms with Crippen LogP contribution in [0.4, 0.5) is 5.69 Å². The highest BCUT2D eigenvalue weighted by Crippen LogP contribution is 2.17. The van der Waals surface area contributed by atoms with Crippen LogP contribution in [0.25, 0.3) is 0 Å². The summed E-state index contributed by atoms with van der Waals surface area (Å²) in [5.74, 6) is -0.935. The van der Waals surface area contributed by atoms with E-state index in [2.05, 4.69) is 18.5 Å². The largest absolute Gasteiger partial charge is 0.478 e. The van der Waals surface area contributed by atoms with E-state index in [1.165, 1.54) is 6.92 Å². The summed E-state index contributed by atoms with van der Waals surface area (Å²) in [5.41, 5.74) is 2.19. The van der Waals surface area contributed by atoms with Crippen molar-refractivity contribution in [3.8, 4) is 0 Å². The topological polar surface area (TPSA) is 73.5 Å². The number of carboxylic acids is 1. The van der Waals surface area contributed by atoms with Crippen molar-refractivity contribution in [2.24, 2.45) is 4.99 Å². The molecule has 0 aromatic heterocycles. The second-order valence-electron chi connectivity index (χ2n) is 3.29. The Kier molecular flexibility index (Phi) is 6.99. The first-order valence-electron chi connectivity index (χ1n) is 5.12. The number of aryl methyl sites for hydroxylation is 1. The summed E-state index contributed by atoms with van der Waals surface area (Å²) in [6.45, 7) is 6.67. The summed E-state index contributed by atoms with van der Waals surface area (Å²) in [7, 11) is 0. The number of aliphatic carboxylic acids is 1. The van der Waals surface area contributed by atoms with Gasteiger partial charge in [0.15, 0.2) is 0 Å². The average molecular weight is 232 g/mol. The van der Waals surface area contributed by atoms with E-state index < -0.39 is 5.97 Å². The molecule has 0 amide bonds. The Bertz CT molecular complexity index is 434. The van der Waals surface area contributed by atoms with Gasteiger partial charge in [-0.05, 0) is 25.0 Å². The maximum atomic E-state index is 9.60. The predicted octanol–water partition coefficient (Wildman–Crippen LogP) is 3.28. The number of carbonyl (C=O) groups is 1. The fraction of sp³-hybridized carbons (Fsp3) is 0.231. The van der Waals surface area contributed by atoms with Crippen molar-refractivity contribution >= 4 is 17.7 Å². The fourth-order valence-corrected chi connectivity index (χ4v) is 0.979. The van der Waals surface area contributed by atoms with Gasteiger partial charge in [0, 0.05) is 5.57 Å². The maximum absolute atomic E-state index is 9.60. The molecule has 1 aromatic carbocycles. The van der Waals surface area contributed by atoms with E-state index in [1.807, 2.05) is 30.3 Å². The van der Waals surface area contributed by atoms with Crippen LogP contribution in [-0.4, -0.2) is 17.1 Å². The molecule has 0 saturated heterocycles. The molecule has 1 aromatic rings. The second-order valence-corrected chi connectivity index (χ2v) is 3.29. The monoisotopic (exact) mass is 232 g/mol. The summed E-state index contributed by atoms with van der Waals surface area (Å²) >= 11 is 0. The van der Waals surface area contributed by atoms with Crippen LogP contribution in [0.5, 0.6) is 0 Å². The molecule has 17 heavy (non-hydrogen) atoms. The van der Waals surface area contributed by atoms with Gasteiger partial charge >= 0.3 is 5.97 Å². The summed E-state index contributed by atoms with van der Waals surface area (Å²) < 4.78 is 0. The number of aliphatic imine (C=N–C) groups is 1. The Morgan fingerprint density at radius 2 is 2.06 bits per heavy atom. The first-order valence-corrected chi connectivity index (χ1v) is 5.12. The lowest BCUT2D eigenvalue weighted by Crippen LogP contribution is -1.92. The molecule has 4 heteroatoms. The summed E-state index contributed by atoms with van der Waals surface area (Å²) in [5, 5.41) is 14.6. The van der Waals surface area contributed by atoms with E-state index >= 15 is 0 Å². The Balaban J connectivity index is 0.000000366. The van der Waals surface area contributed by atoms with Crippen molar-refractivity contribution in [3.63, 3.8) is 0 Å². The van der Waals surface area contributed by atoms with E-state index in [-0.39, 0.29) is 5.57 Å². The van der Waals surface area contributed by atoms with Crippen molar-refractivity contribution in [1.29, 1.82) is 5.41 Å². The number of carboxylic acid groups (broad SMARTS) is 1. The highest BCUT2D eigenvalue weighted by molar-refractivity contribution is 5.84. The third-order valence-electron chi connectivity index (χ3n) is 1.91. The number of hydrogen-bond acceptors (Lipinski definition) is 3. The Morgan fingerprint density at radius 1 is 1.53 bits per heavy atom. The third-order valence-corrected chi connectivity index (χ3v) is 1.91. The number of rotatable bonds is 3. The lowest BCUT2D eigenvalue weighted by molar-refractivity contribution is -0.132. The van der Waals surface area contributed by atoms with E-state index in [4.69, 9.17) is 10.5 Å². The van der Waals surface area contributed by atoms with Crippen molar-refractivity contribution in [1.82, 2.24) is 0 Å². The normalized spacial score (nSPS) is 8.35. The summed E-state index contributed by atoms with van der Waals surface area (Å²) in [6.07, 6.45) is 0.946. The van der Waals surface area contributed by atoms with E-state index in [0.29, 0.717) is 0 Å². The van der Waals surface area contributed by atoms with Crippen LogP contribution in [0.15, 0.2) is 41.4 Å². The van der Waals surface area contributed by atoms with Gasteiger partial charge in [-0.2, -0.15) is 4.99 Å². The molecule has 90 valence electrons. The van der Waals surface area contributed by atoms with Gasteiger partial charge in [-0.3, -0.25) is 0 Å². The van der Waals surface area contributed by atoms with Gasteiger partial charge in [0.05, 0.1) is 11.7 Å². The minimum Gasteiger partial charge on any atom is -0.478 e. The Labute approximate surface area is 101 Å². The van der Waals surface area contributed by atoms with Crippen LogP contribution in [0.2, 0.25) is 0 Å². The van der Waals surface area contributed by atoms with Crippen molar-refractivity contribution < 1.29 is 9.90 Å². The SMILES string of the molecule is C=C(C)C(=O)O.CCc1ccccc1N=C=N. The maximum Gasteiger partial charge on any atom is 0.330 e. The van der Waals surface area contributed by atoms with Crippen molar-refractivity contribution in [3.05, 3.63) is 42.0 Å². The van der Waals surface area contributed by atoms with Gasteiger partial charge < -0.3 is 5.11 Å². The molecule has 0 fully saturated rings. The van der Waals surface area contributed by atoms with Crippen LogP contribution >= 0.6 is 0 Å². The molecule has 0 unspecified atom stereocenters. The number of nitrogens with zero attached hydrogens (tertiary/aromatic N) is 1. The minimum atomic E-state index is -0.935. The van der Waals surface area contributed by atoms with E-state index in [0.717, 1.165) is 17.7 Å². The molecule has 4 nitrogen and oxygen atoms in total. The molecule has 0 radical (unpaired) electrons. The summed E-state index contributed by atoms with van der Waals surface area (Å²) in [4.78, 5) is 13.4. The first kappa shape index (κ1) is 14.8. The lowest BCUT2D eigenvalue weighted by Gasteiger charge is -1.98. The van der Waals surface area contributed by atoms with Gasteiger partial charge in [0.25, 0.3) is 0 Å². The Morgan fingerprint density at radius 3 is 2.47 bits per heavy atom. The van der Waals surface area contributed by atoms with Crippen LogP contribution in [0.1, 0.15) is 19.4 Å². The number of para-hydroxylation sites is 1. The van der Waals surface area contributed by atoms with Crippen molar-refractivity contribution in [2.75, 3.05) is 0 Å². The van der Waals surface area contributed by atoms with Crippen LogP contribution in [0, 0.1) is 5.41 Å². The summed E-state index contributed by atoms with van der Waals surface area (Å²) in [6, 6.07) is 9.82. The van der Waals surface area contributed by atoms with Gasteiger partial charge in [-0.25, -0.2) is 10.2 Å². The lowest BCUT2D eigenvalue weighted by atomic mass is 10.1. The molecule has 0 aliphatic heterocycles. The zero-order valence-electron chi connectivity index (χ0n) is 10.0. The van der Waals surface area contributed by atoms with Gasteiger partial charge in [-0.15, -0.1) is 0 Å². The molecule has 1 rings (SSSR count). The van der Waals surface area contributed by atoms with E-state index in [9.17, 15) is 4.79 Å². The van der Waals surface area contributed by atoms with Crippen LogP contribution in [0.3, 0.4) is 0 Å². The molecule has 0 heterocycles.